The normalized spacial score (nSPS) is 12.2. The first-order valence-corrected chi connectivity index (χ1v) is 7.96. The van der Waals surface area contributed by atoms with Crippen molar-refractivity contribution in [2.24, 2.45) is 0 Å². The Hall–Kier alpha value is -0.922. The maximum atomic E-state index is 8.25. The zero-order valence-corrected chi connectivity index (χ0v) is 13.7. The monoisotopic (exact) mass is 486 g/mol. The molecule has 1 heterocycles. The van der Waals surface area contributed by atoms with E-state index in [9.17, 15) is 0 Å². The first kappa shape index (κ1) is 24.1. The van der Waals surface area contributed by atoms with Gasteiger partial charge in [0.15, 0.2) is 0 Å². The van der Waals surface area contributed by atoms with Crippen molar-refractivity contribution in [1.82, 2.24) is 5.32 Å². The van der Waals surface area contributed by atoms with E-state index < -0.39 is 5.09 Å². The van der Waals surface area contributed by atoms with Gasteiger partial charge >= 0.3 is 28.2 Å². The second-order valence-electron chi connectivity index (χ2n) is 3.30. The van der Waals surface area contributed by atoms with Crippen LogP contribution in [0.1, 0.15) is 0 Å². The molecule has 5 N–H and O–H groups in total. The molecule has 10 heteroatoms. The van der Waals surface area contributed by atoms with Gasteiger partial charge in [-0.05, 0) is 12.1 Å². The van der Waals surface area contributed by atoms with Gasteiger partial charge in [-0.15, -0.1) is 0 Å². The Balaban J connectivity index is -0.000000318. The van der Waals surface area contributed by atoms with Gasteiger partial charge in [-0.1, -0.05) is 18.2 Å². The fraction of sp³-hybridized carbons (Fsp3) is 0.400. The fourth-order valence-corrected chi connectivity index (χ4v) is 1.56. The molecule has 0 radical (unpaired) electrons. The predicted octanol–water partition coefficient (Wildman–Crippen LogP) is 2.98. The summed E-state index contributed by atoms with van der Waals surface area (Å²) in [6.07, 6.45) is 0. The molecule has 1 fully saturated rings. The van der Waals surface area contributed by atoms with Crippen LogP contribution in [-0.2, 0) is 18.8 Å². The molecule has 1 aromatic carbocycles. The zero-order valence-electron chi connectivity index (χ0n) is 10.7. The van der Waals surface area contributed by atoms with E-state index in [1.54, 1.807) is 18.8 Å². The van der Waals surface area contributed by atoms with E-state index >= 15 is 0 Å². The van der Waals surface area contributed by atoms with E-state index in [-0.39, 0.29) is 12.3 Å². The number of halogens is 1. The maximum absolute atomic E-state index is 8.25. The largest absolute Gasteiger partial charge is 0.693 e. The number of rotatable bonds is 1. The van der Waals surface area contributed by atoms with Crippen molar-refractivity contribution < 1.29 is 23.9 Å². The SMILES string of the molecule is O=[N+]([O-])[O-].[Cl][Pt].[NH2-].[NH2-].c1ccc(N2CCNCC2)cc1. The van der Waals surface area contributed by atoms with Crippen molar-refractivity contribution in [3.8, 4) is 0 Å². The minimum atomic E-state index is -1.75. The summed E-state index contributed by atoms with van der Waals surface area (Å²) < 4.78 is 0. The van der Waals surface area contributed by atoms with Crippen LogP contribution in [0.4, 0.5) is 5.69 Å². The third kappa shape index (κ3) is 12.1. The molecule has 1 aromatic rings. The van der Waals surface area contributed by atoms with E-state index in [2.05, 4.69) is 50.0 Å². The van der Waals surface area contributed by atoms with Gasteiger partial charge in [0, 0.05) is 31.9 Å². The van der Waals surface area contributed by atoms with Crippen LogP contribution in [0.25, 0.3) is 12.3 Å². The summed E-state index contributed by atoms with van der Waals surface area (Å²) in [6.45, 7) is 4.47. The first-order chi connectivity index (χ1) is 8.70. The second kappa shape index (κ2) is 16.1. The minimum absolute atomic E-state index is 0. The number of para-hydroxylation sites is 1. The Kier molecular flexibility index (Phi) is 19.5. The van der Waals surface area contributed by atoms with Crippen LogP contribution in [0.15, 0.2) is 30.3 Å². The molecule has 1 aliphatic heterocycles. The van der Waals surface area contributed by atoms with E-state index in [0.29, 0.717) is 0 Å². The summed E-state index contributed by atoms with van der Waals surface area (Å²) in [6, 6.07) is 10.6. The molecular formula is C10H18ClN5O3Pt-3. The van der Waals surface area contributed by atoms with Crippen molar-refractivity contribution in [1.29, 1.82) is 0 Å². The molecule has 8 nitrogen and oxygen atoms in total. The third-order valence-electron chi connectivity index (χ3n) is 2.24. The van der Waals surface area contributed by atoms with Crippen LogP contribution in [-0.4, -0.2) is 31.3 Å². The maximum Gasteiger partial charge on any atom is 0.0367 e. The number of anilines is 1. The zero-order chi connectivity index (χ0) is 13.8. The molecular weight excluding hydrogens is 469 g/mol. The van der Waals surface area contributed by atoms with Gasteiger partial charge in [0.1, 0.15) is 0 Å². The quantitative estimate of drug-likeness (QED) is 0.478. The van der Waals surface area contributed by atoms with Crippen LogP contribution < -0.4 is 10.2 Å². The standard InChI is InChI=1S/C10H14N2.ClH.NO3.2H2N.Pt/c1-2-4-10(5-3-1)12-8-6-11-7-9-12;;2-1(3)4;;;/h1-5,11H,6-9H2;1H;;2*1H2;/q;;3*-1;+1/p-1. The topological polar surface area (TPSA) is 148 Å². The van der Waals surface area contributed by atoms with Gasteiger partial charge in [-0.25, -0.2) is 0 Å². The summed E-state index contributed by atoms with van der Waals surface area (Å²) in [5.74, 6) is 0. The van der Waals surface area contributed by atoms with Gasteiger partial charge in [-0.3, -0.25) is 0 Å². The van der Waals surface area contributed by atoms with Crippen LogP contribution in [0.2, 0.25) is 0 Å². The third-order valence-corrected chi connectivity index (χ3v) is 2.24. The minimum Gasteiger partial charge on any atom is -0.693 e. The Morgan fingerprint density at radius 1 is 1.10 bits per heavy atom. The molecule has 0 aliphatic carbocycles. The summed E-state index contributed by atoms with van der Waals surface area (Å²) in [7, 11) is 4.61. The van der Waals surface area contributed by atoms with Crippen LogP contribution in [0.3, 0.4) is 0 Å². The van der Waals surface area contributed by atoms with Crippen molar-refractivity contribution in [2.75, 3.05) is 31.1 Å². The van der Waals surface area contributed by atoms with Gasteiger partial charge in [0.25, 0.3) is 0 Å². The summed E-state index contributed by atoms with van der Waals surface area (Å²) >= 11 is 1.61. The first-order valence-electron chi connectivity index (χ1n) is 5.14. The number of nitrogens with two attached hydrogens (primary N) is 2. The smallest absolute Gasteiger partial charge is 0.0367 e. The van der Waals surface area contributed by atoms with Gasteiger partial charge in [-0.2, -0.15) is 0 Å². The fourth-order valence-electron chi connectivity index (χ4n) is 1.56. The molecule has 0 saturated carbocycles. The summed E-state index contributed by atoms with van der Waals surface area (Å²) in [5, 5.41) is 18.1. The van der Waals surface area contributed by atoms with E-state index in [0.717, 1.165) is 26.2 Å². The second-order valence-corrected chi connectivity index (χ2v) is 3.30. The van der Waals surface area contributed by atoms with Crippen molar-refractivity contribution in [2.45, 2.75) is 0 Å². The van der Waals surface area contributed by atoms with Gasteiger partial charge in [0.05, 0.1) is 5.09 Å². The number of hydrogen-bond donors (Lipinski definition) is 1. The summed E-state index contributed by atoms with van der Waals surface area (Å²) in [4.78, 5) is 10.7. The molecule has 1 aliphatic rings. The number of hydrogen-bond acceptors (Lipinski definition) is 5. The Bertz CT molecular complexity index is 324. The van der Waals surface area contributed by atoms with Crippen molar-refractivity contribution >= 4 is 15.1 Å². The average molecular weight is 487 g/mol. The molecule has 0 atom stereocenters. The van der Waals surface area contributed by atoms with Crippen LogP contribution in [0.5, 0.6) is 0 Å². The van der Waals surface area contributed by atoms with Crippen molar-refractivity contribution in [3.05, 3.63) is 58.0 Å². The number of nitrogens with zero attached hydrogens (tertiary/aromatic N) is 2. The molecule has 0 unspecified atom stereocenters. The van der Waals surface area contributed by atoms with Crippen LogP contribution >= 0.6 is 9.42 Å². The Morgan fingerprint density at radius 3 is 1.90 bits per heavy atom. The van der Waals surface area contributed by atoms with E-state index in [1.165, 1.54) is 5.69 Å². The molecule has 0 bridgehead atoms. The Morgan fingerprint density at radius 2 is 1.50 bits per heavy atom. The molecule has 0 amide bonds. The Labute approximate surface area is 133 Å². The van der Waals surface area contributed by atoms with Crippen molar-refractivity contribution in [3.63, 3.8) is 0 Å². The predicted molar refractivity (Wildman–Crippen MR) is 78.3 cm³/mol. The molecule has 20 heavy (non-hydrogen) atoms. The molecule has 0 aromatic heterocycles. The molecule has 2 rings (SSSR count). The molecule has 121 valence electrons. The average Bonchev–Trinajstić information content (AvgIpc) is 2.42. The number of benzene rings is 1. The van der Waals surface area contributed by atoms with Crippen LogP contribution in [0, 0.1) is 15.3 Å². The molecule has 0 spiro atoms. The summed E-state index contributed by atoms with van der Waals surface area (Å²) in [5.41, 5.74) is 1.35. The van der Waals surface area contributed by atoms with Gasteiger partial charge < -0.3 is 37.8 Å². The number of piperazine rings is 1. The number of nitrogens with one attached hydrogen (secondary N) is 1. The van der Waals surface area contributed by atoms with E-state index in [1.807, 2.05) is 0 Å². The van der Waals surface area contributed by atoms with Gasteiger partial charge in [0.2, 0.25) is 0 Å². The van der Waals surface area contributed by atoms with E-state index in [4.69, 9.17) is 15.3 Å². The molecule has 1 saturated heterocycles.